The third-order valence-corrected chi connectivity index (χ3v) is 2.28. The Bertz CT molecular complexity index is 373. The summed E-state index contributed by atoms with van der Waals surface area (Å²) in [4.78, 5) is 10.9. The van der Waals surface area contributed by atoms with Crippen LogP contribution in [0.4, 0.5) is 4.79 Å². The van der Waals surface area contributed by atoms with Gasteiger partial charge in [0, 0.05) is 6.61 Å². The number of fused-ring (bicyclic) bond motifs is 1. The SMILES string of the molecule is Cl.NC(=O)[B-]1(O)OCc2cc[c]cc21. The fourth-order valence-corrected chi connectivity index (χ4v) is 1.51. The maximum Gasteiger partial charge on any atom is 0.355 e. The minimum absolute atomic E-state index is 0. The quantitative estimate of drug-likeness (QED) is 0.631. The predicted molar refractivity (Wildman–Crippen MR) is 54.5 cm³/mol. The standard InChI is InChI=1S/C8H8BNO3.ClH/c10-8(11)9(12)7-4-2-1-3-6(7)5-13-9;/h1,3-4,12H,5H2,(H2,10,11);1H/q-1;. The van der Waals surface area contributed by atoms with Gasteiger partial charge in [0.15, 0.2) is 0 Å². The van der Waals surface area contributed by atoms with Crippen LogP contribution in [-0.4, -0.2) is 17.4 Å². The Labute approximate surface area is 87.4 Å². The van der Waals surface area contributed by atoms with Crippen LogP contribution in [0.25, 0.3) is 0 Å². The van der Waals surface area contributed by atoms with Gasteiger partial charge in [-0.1, -0.05) is 23.8 Å². The number of nitrogens with two attached hydrogens (primary N) is 1. The lowest BCUT2D eigenvalue weighted by molar-refractivity contribution is 0.226. The van der Waals surface area contributed by atoms with Crippen molar-refractivity contribution in [3.63, 3.8) is 0 Å². The minimum atomic E-state index is -2.65. The van der Waals surface area contributed by atoms with Crippen LogP contribution in [0, 0.1) is 6.07 Å². The Morgan fingerprint density at radius 3 is 3.07 bits per heavy atom. The van der Waals surface area contributed by atoms with Crippen LogP contribution in [0.1, 0.15) is 5.56 Å². The molecule has 1 aliphatic heterocycles. The van der Waals surface area contributed by atoms with Crippen molar-refractivity contribution in [1.29, 1.82) is 0 Å². The monoisotopic (exact) mass is 213 g/mol. The molecule has 0 saturated carbocycles. The fraction of sp³-hybridized carbons (Fsp3) is 0.125. The number of amides is 1. The predicted octanol–water partition coefficient (Wildman–Crippen LogP) is -0.259. The van der Waals surface area contributed by atoms with E-state index >= 15 is 0 Å². The first kappa shape index (κ1) is 11.0. The summed E-state index contributed by atoms with van der Waals surface area (Å²) in [5.41, 5.74) is 6.29. The zero-order valence-corrected chi connectivity index (χ0v) is 8.08. The van der Waals surface area contributed by atoms with Crippen LogP contribution in [-0.2, 0) is 11.3 Å². The van der Waals surface area contributed by atoms with Gasteiger partial charge in [-0.2, -0.15) is 0 Å². The molecule has 0 saturated heterocycles. The summed E-state index contributed by atoms with van der Waals surface area (Å²) in [6.07, 6.45) is 0. The maximum atomic E-state index is 10.9. The van der Waals surface area contributed by atoms with Crippen molar-refractivity contribution in [3.8, 4) is 0 Å². The molecule has 1 amide bonds. The van der Waals surface area contributed by atoms with Crippen molar-refractivity contribution >= 4 is 30.2 Å². The second-order valence-corrected chi connectivity index (χ2v) is 3.08. The molecule has 0 spiro atoms. The molecular formula is C8H9BClNO3-. The molecule has 6 heteroatoms. The Morgan fingerprint density at radius 1 is 1.71 bits per heavy atom. The van der Waals surface area contributed by atoms with Gasteiger partial charge in [0.05, 0.1) is 0 Å². The molecule has 0 aliphatic carbocycles. The average Bonchev–Trinajstić information content (AvgIpc) is 2.47. The Hall–Kier alpha value is -1.04. The number of hydrogen-bond donors (Lipinski definition) is 2. The number of halogens is 1. The van der Waals surface area contributed by atoms with Gasteiger partial charge in [0.2, 0.25) is 0 Å². The molecule has 0 fully saturated rings. The van der Waals surface area contributed by atoms with Gasteiger partial charge in [-0.05, 0) is 6.07 Å². The van der Waals surface area contributed by atoms with Gasteiger partial charge in [-0.25, -0.2) is 0 Å². The highest BCUT2D eigenvalue weighted by Gasteiger charge is 2.38. The van der Waals surface area contributed by atoms with E-state index in [1.807, 2.05) is 0 Å². The van der Waals surface area contributed by atoms with Crippen LogP contribution in [0.15, 0.2) is 18.2 Å². The molecule has 75 valence electrons. The Morgan fingerprint density at radius 2 is 2.43 bits per heavy atom. The summed E-state index contributed by atoms with van der Waals surface area (Å²) in [7, 11) is 0. The van der Waals surface area contributed by atoms with Gasteiger partial charge in [0.1, 0.15) is 5.81 Å². The van der Waals surface area contributed by atoms with Crippen molar-refractivity contribution in [2.75, 3.05) is 0 Å². The molecule has 0 aromatic heterocycles. The van der Waals surface area contributed by atoms with Crippen molar-refractivity contribution < 1.29 is 14.5 Å². The van der Waals surface area contributed by atoms with Crippen LogP contribution in [0.3, 0.4) is 0 Å². The molecule has 4 nitrogen and oxygen atoms in total. The summed E-state index contributed by atoms with van der Waals surface area (Å²) in [5.74, 6) is -0.835. The number of carbonyl (C=O) groups excluding carboxylic acids is 1. The summed E-state index contributed by atoms with van der Waals surface area (Å²) in [6.45, 7) is -2.42. The zero-order valence-electron chi connectivity index (χ0n) is 7.27. The second-order valence-electron chi connectivity index (χ2n) is 3.08. The number of rotatable bonds is 1. The number of carbonyl (C=O) groups is 1. The van der Waals surface area contributed by atoms with Crippen LogP contribution in [0.2, 0.25) is 0 Å². The van der Waals surface area contributed by atoms with E-state index in [-0.39, 0.29) is 19.0 Å². The van der Waals surface area contributed by atoms with Gasteiger partial charge in [-0.15, -0.1) is 17.9 Å². The lowest BCUT2D eigenvalue weighted by Gasteiger charge is -2.26. The molecule has 2 rings (SSSR count). The van der Waals surface area contributed by atoms with E-state index in [1.54, 1.807) is 12.1 Å². The van der Waals surface area contributed by atoms with E-state index < -0.39 is 12.4 Å². The van der Waals surface area contributed by atoms with E-state index in [1.165, 1.54) is 6.07 Å². The topological polar surface area (TPSA) is 72.6 Å². The molecule has 1 aromatic rings. The van der Waals surface area contributed by atoms with Crippen molar-refractivity contribution in [3.05, 3.63) is 29.8 Å². The highest BCUT2D eigenvalue weighted by molar-refractivity contribution is 7.05. The molecule has 0 bridgehead atoms. The summed E-state index contributed by atoms with van der Waals surface area (Å²) in [6, 6.07) is 7.75. The summed E-state index contributed by atoms with van der Waals surface area (Å²) < 4.78 is 5.00. The first-order valence-corrected chi connectivity index (χ1v) is 3.94. The smallest absolute Gasteiger partial charge is 0.355 e. The maximum absolute atomic E-state index is 10.9. The van der Waals surface area contributed by atoms with Crippen LogP contribution in [0.5, 0.6) is 0 Å². The fourth-order valence-electron chi connectivity index (χ4n) is 1.51. The summed E-state index contributed by atoms with van der Waals surface area (Å²) in [5, 5.41) is 9.77. The molecule has 1 unspecified atom stereocenters. The normalized spacial score (nSPS) is 23.8. The van der Waals surface area contributed by atoms with Crippen molar-refractivity contribution in [1.82, 2.24) is 0 Å². The van der Waals surface area contributed by atoms with E-state index in [9.17, 15) is 9.82 Å². The molecule has 14 heavy (non-hydrogen) atoms. The van der Waals surface area contributed by atoms with E-state index in [0.717, 1.165) is 5.56 Å². The lowest BCUT2D eigenvalue weighted by atomic mass is 9.52. The van der Waals surface area contributed by atoms with E-state index in [4.69, 9.17) is 10.4 Å². The summed E-state index contributed by atoms with van der Waals surface area (Å²) >= 11 is 0. The molecule has 1 heterocycles. The van der Waals surface area contributed by atoms with E-state index in [0.29, 0.717) is 5.46 Å². The number of primary amides is 1. The first-order valence-electron chi connectivity index (χ1n) is 3.94. The van der Waals surface area contributed by atoms with Crippen molar-refractivity contribution in [2.24, 2.45) is 5.73 Å². The lowest BCUT2D eigenvalue weighted by Crippen LogP contribution is -2.58. The number of benzene rings is 1. The van der Waals surface area contributed by atoms with Gasteiger partial charge >= 0.3 is 6.55 Å². The van der Waals surface area contributed by atoms with Gasteiger partial charge < -0.3 is 20.2 Å². The average molecular weight is 213 g/mol. The number of hydrogen-bond acceptors (Lipinski definition) is 3. The highest BCUT2D eigenvalue weighted by atomic mass is 35.5. The molecule has 3 N–H and O–H groups in total. The molecule has 1 atom stereocenters. The minimum Gasteiger partial charge on any atom is -0.573 e. The van der Waals surface area contributed by atoms with Gasteiger partial charge in [0.25, 0.3) is 0 Å². The van der Waals surface area contributed by atoms with Crippen LogP contribution < -0.4 is 11.2 Å². The van der Waals surface area contributed by atoms with Crippen LogP contribution >= 0.6 is 12.4 Å². The molecule has 1 aromatic carbocycles. The molecule has 1 radical (unpaired) electrons. The molecule has 1 aliphatic rings. The Kier molecular flexibility index (Phi) is 2.85. The van der Waals surface area contributed by atoms with Crippen molar-refractivity contribution in [2.45, 2.75) is 6.61 Å². The third-order valence-electron chi connectivity index (χ3n) is 2.28. The third kappa shape index (κ3) is 1.39. The zero-order chi connectivity index (χ0) is 9.47. The largest absolute Gasteiger partial charge is 0.573 e. The highest BCUT2D eigenvalue weighted by Crippen LogP contribution is 2.16. The van der Waals surface area contributed by atoms with E-state index in [2.05, 4.69) is 6.07 Å². The first-order chi connectivity index (χ1) is 6.14. The van der Waals surface area contributed by atoms with Gasteiger partial charge in [-0.3, -0.25) is 0 Å². The Balaban J connectivity index is 0.000000980. The molecular weight excluding hydrogens is 204 g/mol. The second kappa shape index (κ2) is 3.61.